The number of likely N-dealkylation sites (N-methyl/N-ethyl adjacent to an activating group) is 1. The van der Waals surface area contributed by atoms with Gasteiger partial charge in [-0.05, 0) is 50.4 Å². The Labute approximate surface area is 193 Å². The Morgan fingerprint density at radius 3 is 2.56 bits per heavy atom. The number of ether oxygens (including phenoxy) is 1. The van der Waals surface area contributed by atoms with Crippen LogP contribution in [-0.4, -0.2) is 63.2 Å². The zero-order chi connectivity index (χ0) is 23.5. The second-order valence-corrected chi connectivity index (χ2v) is 10.0. The van der Waals surface area contributed by atoms with Crippen LogP contribution in [0, 0.1) is 5.92 Å². The third kappa shape index (κ3) is 5.17. The van der Waals surface area contributed by atoms with Crippen molar-refractivity contribution in [2.45, 2.75) is 30.9 Å². The molecule has 10 heteroatoms. The Morgan fingerprint density at radius 2 is 1.94 bits per heavy atom. The van der Waals surface area contributed by atoms with Crippen molar-refractivity contribution in [1.82, 2.24) is 10.2 Å². The van der Waals surface area contributed by atoms with E-state index in [4.69, 9.17) is 16.3 Å². The molecule has 0 saturated heterocycles. The third-order valence-electron chi connectivity index (χ3n) is 5.46. The van der Waals surface area contributed by atoms with Crippen LogP contribution in [0.3, 0.4) is 0 Å². The Hall–Kier alpha value is -2.33. The van der Waals surface area contributed by atoms with Crippen LogP contribution in [-0.2, 0) is 10.0 Å². The van der Waals surface area contributed by atoms with E-state index in [2.05, 4.69) is 10.0 Å². The van der Waals surface area contributed by atoms with Crippen molar-refractivity contribution in [2.75, 3.05) is 31.5 Å². The molecule has 0 bridgehead atoms. The molecule has 0 saturated carbocycles. The van der Waals surface area contributed by atoms with Gasteiger partial charge in [-0.15, -0.1) is 0 Å². The lowest BCUT2D eigenvalue weighted by Crippen LogP contribution is -2.49. The average Bonchev–Trinajstić information content (AvgIpc) is 2.76. The first-order valence-electron chi connectivity index (χ1n) is 10.3. The van der Waals surface area contributed by atoms with Gasteiger partial charge >= 0.3 is 0 Å². The fourth-order valence-electron chi connectivity index (χ4n) is 3.59. The summed E-state index contributed by atoms with van der Waals surface area (Å²) in [5, 5.41) is 13.2. The molecular formula is C22H28ClN3O5S. The Morgan fingerprint density at radius 1 is 1.25 bits per heavy atom. The molecule has 3 atom stereocenters. The number of fused-ring (bicyclic) bond motifs is 1. The number of nitrogens with zero attached hydrogens (tertiary/aromatic N) is 1. The summed E-state index contributed by atoms with van der Waals surface area (Å²) in [6.45, 7) is 4.43. The molecule has 0 fully saturated rings. The van der Waals surface area contributed by atoms with E-state index >= 15 is 0 Å². The molecule has 3 N–H and O–H groups in total. The molecule has 0 unspecified atom stereocenters. The van der Waals surface area contributed by atoms with Crippen LogP contribution in [0.4, 0.5) is 5.69 Å². The maximum Gasteiger partial charge on any atom is 0.262 e. The number of benzene rings is 2. The molecule has 3 rings (SSSR count). The molecule has 0 radical (unpaired) electrons. The quantitative estimate of drug-likeness (QED) is 0.561. The Bertz CT molecular complexity index is 1060. The molecule has 0 aliphatic carbocycles. The number of carbonyl (C=O) groups excluding carboxylic acids is 1. The van der Waals surface area contributed by atoms with E-state index in [-0.39, 0.29) is 46.4 Å². The van der Waals surface area contributed by atoms with E-state index < -0.39 is 16.1 Å². The smallest absolute Gasteiger partial charge is 0.262 e. The largest absolute Gasteiger partial charge is 0.486 e. The number of sulfonamides is 1. The summed E-state index contributed by atoms with van der Waals surface area (Å²) < 4.78 is 34.7. The SMILES string of the molecule is CNC[C@@H]1Oc2c(NS(=O)(=O)c3ccc(Cl)cc3)cccc2C(=O)N([C@@H](C)CO)C[C@@H]1C. The van der Waals surface area contributed by atoms with Crippen molar-refractivity contribution in [2.24, 2.45) is 5.92 Å². The Balaban J connectivity index is 2.08. The van der Waals surface area contributed by atoms with Gasteiger partial charge in [-0.3, -0.25) is 9.52 Å². The summed E-state index contributed by atoms with van der Waals surface area (Å²) in [4.78, 5) is 15.0. The van der Waals surface area contributed by atoms with Crippen LogP contribution >= 0.6 is 11.6 Å². The minimum atomic E-state index is -3.95. The number of rotatable bonds is 7. The van der Waals surface area contributed by atoms with Gasteiger partial charge in [0.05, 0.1) is 28.8 Å². The van der Waals surface area contributed by atoms with E-state index in [0.29, 0.717) is 18.1 Å². The highest BCUT2D eigenvalue weighted by Crippen LogP contribution is 2.35. The van der Waals surface area contributed by atoms with E-state index in [1.807, 2.05) is 6.92 Å². The highest BCUT2D eigenvalue weighted by molar-refractivity contribution is 7.92. The average molecular weight is 482 g/mol. The van der Waals surface area contributed by atoms with Crippen molar-refractivity contribution in [3.63, 3.8) is 0 Å². The van der Waals surface area contributed by atoms with Crippen LogP contribution in [0.25, 0.3) is 0 Å². The fourth-order valence-corrected chi connectivity index (χ4v) is 4.77. The zero-order valence-electron chi connectivity index (χ0n) is 18.2. The monoisotopic (exact) mass is 481 g/mol. The predicted octanol–water partition coefficient (Wildman–Crippen LogP) is 2.58. The highest BCUT2D eigenvalue weighted by atomic mass is 35.5. The molecule has 1 aliphatic heterocycles. The van der Waals surface area contributed by atoms with Crippen LogP contribution in [0.5, 0.6) is 5.75 Å². The normalized spacial score (nSPS) is 20.0. The van der Waals surface area contributed by atoms with E-state index in [1.54, 1.807) is 37.1 Å². The Kier molecular flexibility index (Phi) is 7.66. The number of hydrogen-bond acceptors (Lipinski definition) is 6. The van der Waals surface area contributed by atoms with Gasteiger partial charge in [0, 0.05) is 24.0 Å². The first-order chi connectivity index (χ1) is 15.2. The van der Waals surface area contributed by atoms with Gasteiger partial charge in [0.15, 0.2) is 5.75 Å². The summed E-state index contributed by atoms with van der Waals surface area (Å²) >= 11 is 5.88. The van der Waals surface area contributed by atoms with E-state index in [9.17, 15) is 18.3 Å². The minimum absolute atomic E-state index is 0.0346. The van der Waals surface area contributed by atoms with Gasteiger partial charge in [-0.2, -0.15) is 0 Å². The molecule has 32 heavy (non-hydrogen) atoms. The van der Waals surface area contributed by atoms with Gasteiger partial charge < -0.3 is 20.1 Å². The van der Waals surface area contributed by atoms with Crippen molar-refractivity contribution in [1.29, 1.82) is 0 Å². The van der Waals surface area contributed by atoms with Gasteiger partial charge in [0.2, 0.25) is 0 Å². The highest BCUT2D eigenvalue weighted by Gasteiger charge is 2.34. The van der Waals surface area contributed by atoms with Crippen LogP contribution in [0.2, 0.25) is 5.02 Å². The summed E-state index contributed by atoms with van der Waals surface area (Å²) in [6.07, 6.45) is -0.332. The van der Waals surface area contributed by atoms with Crippen molar-refractivity contribution in [3.8, 4) is 5.75 Å². The molecule has 2 aromatic carbocycles. The topological polar surface area (TPSA) is 108 Å². The van der Waals surface area contributed by atoms with E-state index in [0.717, 1.165) is 0 Å². The van der Waals surface area contributed by atoms with Crippen molar-refractivity contribution < 1.29 is 23.1 Å². The predicted molar refractivity (Wildman–Crippen MR) is 124 cm³/mol. The zero-order valence-corrected chi connectivity index (χ0v) is 19.8. The first-order valence-corrected chi connectivity index (χ1v) is 12.2. The van der Waals surface area contributed by atoms with Crippen LogP contribution in [0.1, 0.15) is 24.2 Å². The number of para-hydroxylation sites is 1. The van der Waals surface area contributed by atoms with Crippen LogP contribution < -0.4 is 14.8 Å². The molecule has 2 aromatic rings. The first kappa shape index (κ1) is 24.3. The molecule has 1 amide bonds. The number of aliphatic hydroxyl groups is 1. The molecule has 1 heterocycles. The second-order valence-electron chi connectivity index (χ2n) is 7.92. The number of halogens is 1. The standard InChI is InChI=1S/C22H28ClN3O5S/c1-14-12-26(15(2)13-27)22(28)18-5-4-6-19(21(18)31-20(14)11-24-3)25-32(29,30)17-9-7-16(23)8-10-17/h4-10,14-15,20,24-25,27H,11-13H2,1-3H3/t14-,15-,20-/m0/s1. The lowest BCUT2D eigenvalue weighted by atomic mass is 9.99. The lowest BCUT2D eigenvalue weighted by Gasteiger charge is -2.37. The maximum atomic E-state index is 13.4. The maximum absolute atomic E-state index is 13.4. The van der Waals surface area contributed by atoms with Gasteiger partial charge in [-0.25, -0.2) is 8.42 Å². The van der Waals surface area contributed by atoms with Gasteiger partial charge in [0.1, 0.15) is 6.10 Å². The fraction of sp³-hybridized carbons (Fsp3) is 0.409. The summed E-state index contributed by atoms with van der Waals surface area (Å²) in [7, 11) is -2.15. The summed E-state index contributed by atoms with van der Waals surface area (Å²) in [5.74, 6) is -0.240. The number of hydrogen-bond donors (Lipinski definition) is 3. The second kappa shape index (κ2) is 10.1. The molecular weight excluding hydrogens is 454 g/mol. The molecule has 174 valence electrons. The number of amides is 1. The number of nitrogens with one attached hydrogen (secondary N) is 2. The van der Waals surface area contributed by atoms with E-state index in [1.165, 1.54) is 24.3 Å². The van der Waals surface area contributed by atoms with Gasteiger partial charge in [-0.1, -0.05) is 24.6 Å². The minimum Gasteiger partial charge on any atom is -0.486 e. The molecule has 0 aromatic heterocycles. The van der Waals surface area contributed by atoms with Crippen molar-refractivity contribution in [3.05, 3.63) is 53.1 Å². The van der Waals surface area contributed by atoms with Crippen LogP contribution in [0.15, 0.2) is 47.4 Å². The molecule has 0 spiro atoms. The van der Waals surface area contributed by atoms with Gasteiger partial charge in [0.25, 0.3) is 15.9 Å². The van der Waals surface area contributed by atoms with Crippen molar-refractivity contribution >= 4 is 33.2 Å². The molecule has 1 aliphatic rings. The molecule has 8 nitrogen and oxygen atoms in total. The number of carbonyl (C=O) groups is 1. The summed E-state index contributed by atoms with van der Waals surface area (Å²) in [5.41, 5.74) is 0.396. The summed E-state index contributed by atoms with van der Waals surface area (Å²) in [6, 6.07) is 10.1. The lowest BCUT2D eigenvalue weighted by molar-refractivity contribution is 0.0417. The number of aliphatic hydroxyl groups excluding tert-OH is 1. The number of anilines is 1. The third-order valence-corrected chi connectivity index (χ3v) is 7.10.